The second-order valence-corrected chi connectivity index (χ2v) is 6.96. The Kier molecular flexibility index (Phi) is 4.37. The van der Waals surface area contributed by atoms with Gasteiger partial charge in [0.15, 0.2) is 0 Å². The van der Waals surface area contributed by atoms with Gasteiger partial charge in [0.1, 0.15) is 16.9 Å². The van der Waals surface area contributed by atoms with Gasteiger partial charge >= 0.3 is 6.36 Å². The SMILES string of the molecule is Cc1noc(C)c1CC1(c2ccccc2)C(=O)Nc2ccc(OC(F)(F)F)cc21. The minimum atomic E-state index is -4.83. The number of halogens is 3. The minimum absolute atomic E-state index is 0.187. The standard InChI is InChI=1S/C21H17F3N2O3/c1-12-16(13(2)29-26-12)11-20(14-6-4-3-5-7-14)17-10-15(28-21(22,23)24)8-9-18(17)25-19(20)27/h3-10H,11H2,1-2H3,(H,25,27). The highest BCUT2D eigenvalue weighted by Crippen LogP contribution is 2.47. The van der Waals surface area contributed by atoms with E-state index in [1.165, 1.54) is 18.2 Å². The van der Waals surface area contributed by atoms with Crippen molar-refractivity contribution in [1.82, 2.24) is 5.16 Å². The van der Waals surface area contributed by atoms with E-state index in [1.807, 2.05) is 6.07 Å². The third-order valence-corrected chi connectivity index (χ3v) is 5.21. The summed E-state index contributed by atoms with van der Waals surface area (Å²) in [7, 11) is 0. The van der Waals surface area contributed by atoms with Gasteiger partial charge in [0.05, 0.1) is 5.69 Å². The molecule has 0 aliphatic carbocycles. The fourth-order valence-corrected chi connectivity index (χ4v) is 3.84. The molecule has 2 heterocycles. The van der Waals surface area contributed by atoms with Gasteiger partial charge in [0, 0.05) is 17.7 Å². The highest BCUT2D eigenvalue weighted by molar-refractivity contribution is 6.09. The number of carbonyl (C=O) groups is 1. The molecule has 1 atom stereocenters. The summed E-state index contributed by atoms with van der Waals surface area (Å²) in [6, 6.07) is 12.8. The van der Waals surface area contributed by atoms with E-state index in [9.17, 15) is 18.0 Å². The maximum Gasteiger partial charge on any atom is 0.573 e. The first-order chi connectivity index (χ1) is 13.7. The predicted molar refractivity (Wildman–Crippen MR) is 98.7 cm³/mol. The number of hydrogen-bond donors (Lipinski definition) is 1. The van der Waals surface area contributed by atoms with Crippen molar-refractivity contribution in [2.75, 3.05) is 5.32 Å². The van der Waals surface area contributed by atoms with Crippen molar-refractivity contribution in [3.8, 4) is 5.75 Å². The number of hydrogen-bond acceptors (Lipinski definition) is 4. The summed E-state index contributed by atoms with van der Waals surface area (Å²) in [5.74, 6) is -0.156. The zero-order valence-corrected chi connectivity index (χ0v) is 15.6. The van der Waals surface area contributed by atoms with Crippen molar-refractivity contribution in [3.05, 3.63) is 76.7 Å². The highest BCUT2D eigenvalue weighted by atomic mass is 19.4. The third-order valence-electron chi connectivity index (χ3n) is 5.21. The Morgan fingerprint density at radius 2 is 1.86 bits per heavy atom. The van der Waals surface area contributed by atoms with E-state index in [2.05, 4.69) is 15.2 Å². The van der Waals surface area contributed by atoms with E-state index in [4.69, 9.17) is 4.52 Å². The van der Waals surface area contributed by atoms with Crippen molar-refractivity contribution in [2.24, 2.45) is 0 Å². The van der Waals surface area contributed by atoms with E-state index >= 15 is 0 Å². The lowest BCUT2D eigenvalue weighted by molar-refractivity contribution is -0.274. The summed E-state index contributed by atoms with van der Waals surface area (Å²) >= 11 is 0. The van der Waals surface area contributed by atoms with Gasteiger partial charge in [0.25, 0.3) is 0 Å². The maximum atomic E-state index is 13.3. The molecule has 1 amide bonds. The van der Waals surface area contributed by atoms with Gasteiger partial charge in [-0.3, -0.25) is 4.79 Å². The van der Waals surface area contributed by atoms with Crippen molar-refractivity contribution < 1.29 is 27.2 Å². The summed E-state index contributed by atoms with van der Waals surface area (Å²) in [6.07, 6.45) is -4.65. The molecule has 0 saturated carbocycles. The fraction of sp³-hybridized carbons (Fsp3) is 0.238. The molecule has 0 saturated heterocycles. The lowest BCUT2D eigenvalue weighted by atomic mass is 9.71. The molecular weight excluding hydrogens is 385 g/mol. The van der Waals surface area contributed by atoms with Crippen LogP contribution < -0.4 is 10.1 Å². The first-order valence-corrected chi connectivity index (χ1v) is 8.90. The number of aromatic nitrogens is 1. The Morgan fingerprint density at radius 1 is 1.14 bits per heavy atom. The summed E-state index contributed by atoms with van der Waals surface area (Å²) < 4.78 is 47.7. The lowest BCUT2D eigenvalue weighted by Crippen LogP contribution is -2.38. The number of carbonyl (C=O) groups excluding carboxylic acids is 1. The van der Waals surface area contributed by atoms with Gasteiger partial charge < -0.3 is 14.6 Å². The number of amides is 1. The van der Waals surface area contributed by atoms with Gasteiger partial charge in [-0.1, -0.05) is 35.5 Å². The van der Waals surface area contributed by atoms with Crippen LogP contribution in [0.15, 0.2) is 53.1 Å². The zero-order valence-electron chi connectivity index (χ0n) is 15.6. The second kappa shape index (κ2) is 6.65. The Labute approximate surface area is 164 Å². The molecule has 3 aromatic rings. The van der Waals surface area contributed by atoms with Crippen LogP contribution in [-0.4, -0.2) is 17.4 Å². The number of nitrogens with zero attached hydrogens (tertiary/aromatic N) is 1. The topological polar surface area (TPSA) is 64.4 Å². The van der Waals surface area contributed by atoms with Crippen LogP contribution in [0.5, 0.6) is 5.75 Å². The number of rotatable bonds is 4. The summed E-state index contributed by atoms with van der Waals surface area (Å²) in [5.41, 5.74) is 1.62. The van der Waals surface area contributed by atoms with Crippen LogP contribution in [0.4, 0.5) is 18.9 Å². The molecule has 0 fully saturated rings. The Hall–Kier alpha value is -3.29. The van der Waals surface area contributed by atoms with Crippen molar-refractivity contribution in [1.29, 1.82) is 0 Å². The van der Waals surface area contributed by atoms with Gasteiger partial charge in [-0.25, -0.2) is 0 Å². The van der Waals surface area contributed by atoms with Crippen molar-refractivity contribution in [3.63, 3.8) is 0 Å². The molecule has 150 valence electrons. The average molecular weight is 402 g/mol. The monoisotopic (exact) mass is 402 g/mol. The van der Waals surface area contributed by atoms with Crippen LogP contribution in [0.3, 0.4) is 0 Å². The van der Waals surface area contributed by atoms with Crippen LogP contribution in [-0.2, 0) is 16.6 Å². The van der Waals surface area contributed by atoms with Gasteiger partial charge in [-0.15, -0.1) is 13.2 Å². The first-order valence-electron chi connectivity index (χ1n) is 8.90. The van der Waals surface area contributed by atoms with Crippen LogP contribution in [0.1, 0.15) is 28.1 Å². The van der Waals surface area contributed by atoms with E-state index in [1.54, 1.807) is 38.1 Å². The van der Waals surface area contributed by atoms with E-state index in [-0.39, 0.29) is 18.1 Å². The number of aryl methyl sites for hydroxylation is 2. The predicted octanol–water partition coefficient (Wildman–Crippen LogP) is 4.67. The molecular formula is C21H17F3N2O3. The third kappa shape index (κ3) is 3.24. The Bertz CT molecular complexity index is 1060. The normalized spacial score (nSPS) is 18.4. The summed E-state index contributed by atoms with van der Waals surface area (Å²) in [4.78, 5) is 13.3. The molecule has 1 unspecified atom stereocenters. The lowest BCUT2D eigenvalue weighted by Gasteiger charge is -2.28. The summed E-state index contributed by atoms with van der Waals surface area (Å²) in [6.45, 7) is 3.51. The molecule has 0 radical (unpaired) electrons. The molecule has 4 rings (SSSR count). The maximum absolute atomic E-state index is 13.3. The zero-order chi connectivity index (χ0) is 20.8. The van der Waals surface area contributed by atoms with E-state index < -0.39 is 11.8 Å². The van der Waals surface area contributed by atoms with Crippen LogP contribution >= 0.6 is 0 Å². The van der Waals surface area contributed by atoms with Crippen molar-refractivity contribution in [2.45, 2.75) is 32.0 Å². The van der Waals surface area contributed by atoms with E-state index in [0.29, 0.717) is 28.3 Å². The highest BCUT2D eigenvalue weighted by Gasteiger charge is 2.49. The van der Waals surface area contributed by atoms with Crippen LogP contribution in [0, 0.1) is 13.8 Å². The Morgan fingerprint density at radius 3 is 2.48 bits per heavy atom. The molecule has 1 aromatic heterocycles. The largest absolute Gasteiger partial charge is 0.573 e. The van der Waals surface area contributed by atoms with Crippen LogP contribution in [0.25, 0.3) is 0 Å². The Balaban J connectivity index is 1.93. The average Bonchev–Trinajstić information content (AvgIpc) is 3.13. The van der Waals surface area contributed by atoms with Crippen molar-refractivity contribution >= 4 is 11.6 Å². The number of benzene rings is 2. The summed E-state index contributed by atoms with van der Waals surface area (Å²) in [5, 5.41) is 6.75. The number of alkyl halides is 3. The molecule has 5 nitrogen and oxygen atoms in total. The fourth-order valence-electron chi connectivity index (χ4n) is 3.84. The molecule has 1 aliphatic rings. The molecule has 8 heteroatoms. The minimum Gasteiger partial charge on any atom is -0.406 e. The molecule has 0 spiro atoms. The molecule has 1 aliphatic heterocycles. The molecule has 1 N–H and O–H groups in total. The number of ether oxygens (including phenoxy) is 1. The number of anilines is 1. The quantitative estimate of drug-likeness (QED) is 0.689. The number of nitrogens with one attached hydrogen (secondary N) is 1. The molecule has 29 heavy (non-hydrogen) atoms. The molecule has 0 bridgehead atoms. The van der Waals surface area contributed by atoms with Gasteiger partial charge in [-0.2, -0.15) is 0 Å². The van der Waals surface area contributed by atoms with Crippen LogP contribution in [0.2, 0.25) is 0 Å². The number of fused-ring (bicyclic) bond motifs is 1. The van der Waals surface area contributed by atoms with Gasteiger partial charge in [-0.05, 0) is 43.2 Å². The smallest absolute Gasteiger partial charge is 0.406 e. The van der Waals surface area contributed by atoms with E-state index in [0.717, 1.165) is 5.56 Å². The van der Waals surface area contributed by atoms with Gasteiger partial charge in [0.2, 0.25) is 5.91 Å². The molecule has 2 aromatic carbocycles. The first kappa shape index (κ1) is 19.0. The second-order valence-electron chi connectivity index (χ2n) is 6.96.